The quantitative estimate of drug-likeness (QED) is 0.708. The Morgan fingerprint density at radius 3 is 2.36 bits per heavy atom. The van der Waals surface area contributed by atoms with Crippen LogP contribution in [0.25, 0.3) is 0 Å². The van der Waals surface area contributed by atoms with Crippen LogP contribution in [0.2, 0.25) is 0 Å². The van der Waals surface area contributed by atoms with E-state index in [1.165, 1.54) is 64.3 Å². The summed E-state index contributed by atoms with van der Waals surface area (Å²) >= 11 is 0. The van der Waals surface area contributed by atoms with Gasteiger partial charge in [-0.05, 0) is 32.2 Å². The molecule has 2 aliphatic rings. The lowest BCUT2D eigenvalue weighted by Crippen LogP contribution is -2.47. The summed E-state index contributed by atoms with van der Waals surface area (Å²) in [7, 11) is 0. The molecule has 2 rings (SSSR count). The highest BCUT2D eigenvalue weighted by Gasteiger charge is 2.18. The van der Waals surface area contributed by atoms with E-state index in [0.717, 1.165) is 6.04 Å². The molecule has 1 atom stereocenters. The van der Waals surface area contributed by atoms with Crippen LogP contribution in [0.15, 0.2) is 0 Å². The maximum atomic E-state index is 3.79. The largest absolute Gasteiger partial charge is 0.302 e. The minimum atomic E-state index is 0.612. The van der Waals surface area contributed by atoms with Gasteiger partial charge in [-0.2, -0.15) is 0 Å². The average molecular weight is 196 g/mol. The summed E-state index contributed by atoms with van der Waals surface area (Å²) in [6.07, 6.45) is 13.2. The molecule has 1 aliphatic heterocycles. The molecular formula is C12H24N2. The Morgan fingerprint density at radius 2 is 1.50 bits per heavy atom. The van der Waals surface area contributed by atoms with Gasteiger partial charge in [0.15, 0.2) is 0 Å². The lowest BCUT2D eigenvalue weighted by molar-refractivity contribution is 0.304. The van der Waals surface area contributed by atoms with E-state index in [4.69, 9.17) is 0 Å². The second-order valence-corrected chi connectivity index (χ2v) is 4.86. The van der Waals surface area contributed by atoms with Crippen molar-refractivity contribution in [3.05, 3.63) is 0 Å². The molecule has 0 amide bonds. The number of nitrogens with one attached hydrogen (secondary N) is 2. The molecule has 0 bridgehead atoms. The predicted molar refractivity (Wildman–Crippen MR) is 60.3 cm³/mol. The van der Waals surface area contributed by atoms with Gasteiger partial charge >= 0.3 is 0 Å². The Kier molecular flexibility index (Phi) is 4.26. The number of hydrogen-bond acceptors (Lipinski definition) is 2. The van der Waals surface area contributed by atoms with Crippen LogP contribution in [-0.4, -0.2) is 18.8 Å². The summed E-state index contributed by atoms with van der Waals surface area (Å²) in [5, 5.41) is 7.40. The second-order valence-electron chi connectivity index (χ2n) is 4.86. The highest BCUT2D eigenvalue weighted by atomic mass is 15.1. The molecule has 0 aromatic heterocycles. The molecule has 0 radical (unpaired) electrons. The van der Waals surface area contributed by atoms with E-state index >= 15 is 0 Å². The van der Waals surface area contributed by atoms with E-state index in [0.29, 0.717) is 6.17 Å². The molecule has 14 heavy (non-hydrogen) atoms. The third kappa shape index (κ3) is 3.25. The molecule has 0 aromatic rings. The zero-order valence-corrected chi connectivity index (χ0v) is 9.23. The van der Waals surface area contributed by atoms with Crippen molar-refractivity contribution >= 4 is 0 Å². The average Bonchev–Trinajstić information content (AvgIpc) is 2.48. The van der Waals surface area contributed by atoms with Crippen molar-refractivity contribution in [1.82, 2.24) is 10.6 Å². The first-order valence-corrected chi connectivity index (χ1v) is 6.44. The first-order chi connectivity index (χ1) is 6.95. The standard InChI is InChI=1S/C12H24N2/c1-3-7-11(8-4-1)14-12-9-5-2-6-10-13-12/h11-14H,1-10H2. The van der Waals surface area contributed by atoms with E-state index in [9.17, 15) is 0 Å². The van der Waals surface area contributed by atoms with Crippen molar-refractivity contribution in [2.75, 3.05) is 6.54 Å². The number of rotatable bonds is 2. The van der Waals surface area contributed by atoms with Crippen molar-refractivity contribution in [2.24, 2.45) is 0 Å². The van der Waals surface area contributed by atoms with Gasteiger partial charge in [0.1, 0.15) is 0 Å². The van der Waals surface area contributed by atoms with Crippen LogP contribution in [-0.2, 0) is 0 Å². The highest BCUT2D eigenvalue weighted by Crippen LogP contribution is 2.18. The third-order valence-corrected chi connectivity index (χ3v) is 3.60. The van der Waals surface area contributed by atoms with Crippen LogP contribution in [0.4, 0.5) is 0 Å². The number of hydrogen-bond donors (Lipinski definition) is 2. The normalized spacial score (nSPS) is 31.3. The Hall–Kier alpha value is -0.0800. The predicted octanol–water partition coefficient (Wildman–Crippen LogP) is 2.40. The van der Waals surface area contributed by atoms with E-state index in [2.05, 4.69) is 10.6 Å². The molecule has 1 heterocycles. The van der Waals surface area contributed by atoms with Gasteiger partial charge in [-0.3, -0.25) is 5.32 Å². The Morgan fingerprint density at radius 1 is 0.786 bits per heavy atom. The first kappa shape index (κ1) is 10.4. The van der Waals surface area contributed by atoms with Crippen molar-refractivity contribution < 1.29 is 0 Å². The zero-order valence-electron chi connectivity index (χ0n) is 9.23. The smallest absolute Gasteiger partial charge is 0.0573 e. The topological polar surface area (TPSA) is 24.1 Å². The minimum absolute atomic E-state index is 0.612. The van der Waals surface area contributed by atoms with E-state index in [-0.39, 0.29) is 0 Å². The lowest BCUT2D eigenvalue weighted by Gasteiger charge is -2.28. The third-order valence-electron chi connectivity index (χ3n) is 3.60. The summed E-state index contributed by atoms with van der Waals surface area (Å²) in [6, 6.07) is 0.805. The van der Waals surface area contributed by atoms with Gasteiger partial charge in [-0.25, -0.2) is 0 Å². The summed E-state index contributed by atoms with van der Waals surface area (Å²) in [5.74, 6) is 0. The first-order valence-electron chi connectivity index (χ1n) is 6.44. The Bertz CT molecular complexity index is 144. The zero-order chi connectivity index (χ0) is 9.64. The molecular weight excluding hydrogens is 172 g/mol. The van der Waals surface area contributed by atoms with Crippen molar-refractivity contribution in [1.29, 1.82) is 0 Å². The van der Waals surface area contributed by atoms with Gasteiger partial charge in [0, 0.05) is 6.04 Å². The van der Waals surface area contributed by atoms with Gasteiger partial charge in [-0.1, -0.05) is 32.1 Å². The van der Waals surface area contributed by atoms with Crippen molar-refractivity contribution in [3.63, 3.8) is 0 Å². The molecule has 1 saturated carbocycles. The molecule has 2 fully saturated rings. The van der Waals surface area contributed by atoms with Gasteiger partial charge < -0.3 is 5.32 Å². The minimum Gasteiger partial charge on any atom is -0.302 e. The van der Waals surface area contributed by atoms with Gasteiger partial charge in [0.2, 0.25) is 0 Å². The summed E-state index contributed by atoms with van der Waals surface area (Å²) in [6.45, 7) is 1.21. The van der Waals surface area contributed by atoms with Crippen LogP contribution >= 0.6 is 0 Å². The molecule has 1 unspecified atom stereocenters. The van der Waals surface area contributed by atoms with E-state index < -0.39 is 0 Å². The molecule has 0 aromatic carbocycles. The Labute approximate surface area is 87.8 Å². The summed E-state index contributed by atoms with van der Waals surface area (Å²) in [4.78, 5) is 0. The van der Waals surface area contributed by atoms with Crippen molar-refractivity contribution in [2.45, 2.75) is 70.0 Å². The monoisotopic (exact) mass is 196 g/mol. The van der Waals surface area contributed by atoms with Crippen LogP contribution in [0.5, 0.6) is 0 Å². The van der Waals surface area contributed by atoms with Crippen LogP contribution in [0.1, 0.15) is 57.8 Å². The molecule has 0 spiro atoms. The van der Waals surface area contributed by atoms with Crippen molar-refractivity contribution in [3.8, 4) is 0 Å². The second kappa shape index (κ2) is 5.72. The van der Waals surface area contributed by atoms with E-state index in [1.54, 1.807) is 0 Å². The van der Waals surface area contributed by atoms with Gasteiger partial charge in [-0.15, -0.1) is 0 Å². The van der Waals surface area contributed by atoms with Crippen LogP contribution in [0, 0.1) is 0 Å². The van der Waals surface area contributed by atoms with Gasteiger partial charge in [0.05, 0.1) is 6.17 Å². The molecule has 1 saturated heterocycles. The van der Waals surface area contributed by atoms with Crippen LogP contribution in [0.3, 0.4) is 0 Å². The van der Waals surface area contributed by atoms with Crippen LogP contribution < -0.4 is 10.6 Å². The van der Waals surface area contributed by atoms with E-state index in [1.807, 2.05) is 0 Å². The molecule has 2 N–H and O–H groups in total. The molecule has 82 valence electrons. The molecule has 2 nitrogen and oxygen atoms in total. The lowest BCUT2D eigenvalue weighted by atomic mass is 9.95. The molecule has 2 heteroatoms. The Balaban J connectivity index is 1.71. The maximum Gasteiger partial charge on any atom is 0.0573 e. The fourth-order valence-electron chi connectivity index (χ4n) is 2.72. The highest BCUT2D eigenvalue weighted by molar-refractivity contribution is 4.77. The fraction of sp³-hybridized carbons (Fsp3) is 1.00. The molecule has 1 aliphatic carbocycles. The summed E-state index contributed by atoms with van der Waals surface area (Å²) in [5.41, 5.74) is 0. The maximum absolute atomic E-state index is 3.79. The SMILES string of the molecule is C1CCC(NC2CCCCCN2)CC1. The van der Waals surface area contributed by atoms with Gasteiger partial charge in [0.25, 0.3) is 0 Å². The fourth-order valence-corrected chi connectivity index (χ4v) is 2.72. The summed E-state index contributed by atoms with van der Waals surface area (Å²) < 4.78 is 0.